The summed E-state index contributed by atoms with van der Waals surface area (Å²) in [5.74, 6) is 0. The van der Waals surface area contributed by atoms with E-state index < -0.39 is 0 Å². The van der Waals surface area contributed by atoms with Crippen LogP contribution in [0.4, 0.5) is 5.69 Å². The van der Waals surface area contributed by atoms with E-state index in [1.54, 1.807) is 12.3 Å². The summed E-state index contributed by atoms with van der Waals surface area (Å²) in [4.78, 5) is 4.13. The van der Waals surface area contributed by atoms with Crippen LogP contribution in [0.3, 0.4) is 0 Å². The van der Waals surface area contributed by atoms with Crippen LogP contribution < -0.4 is 5.32 Å². The fourth-order valence-electron chi connectivity index (χ4n) is 1.33. The molecule has 1 aromatic heterocycles. The van der Waals surface area contributed by atoms with E-state index in [1.807, 2.05) is 24.3 Å². The van der Waals surface area contributed by atoms with Crippen molar-refractivity contribution >= 4 is 44.8 Å². The van der Waals surface area contributed by atoms with Crippen LogP contribution in [-0.2, 0) is 6.54 Å². The number of nitrogens with one attached hydrogen (secondary N) is 1. The monoisotopic (exact) mass is 330 g/mol. The van der Waals surface area contributed by atoms with Gasteiger partial charge >= 0.3 is 0 Å². The van der Waals surface area contributed by atoms with Gasteiger partial charge in [0.05, 0.1) is 21.9 Å². The second kappa shape index (κ2) is 5.71. The number of hydrogen-bond acceptors (Lipinski definition) is 2. The van der Waals surface area contributed by atoms with Crippen molar-refractivity contribution in [1.29, 1.82) is 0 Å². The molecule has 0 radical (unpaired) electrons. The summed E-state index contributed by atoms with van der Waals surface area (Å²) in [7, 11) is 0. The van der Waals surface area contributed by atoms with Crippen molar-refractivity contribution in [3.63, 3.8) is 0 Å². The van der Waals surface area contributed by atoms with Crippen molar-refractivity contribution in [2.24, 2.45) is 0 Å². The molecule has 2 rings (SSSR count). The van der Waals surface area contributed by atoms with E-state index in [-0.39, 0.29) is 0 Å². The lowest BCUT2D eigenvalue weighted by atomic mass is 10.2. The van der Waals surface area contributed by atoms with Gasteiger partial charge in [-0.1, -0.05) is 29.3 Å². The van der Waals surface area contributed by atoms with Gasteiger partial charge in [0, 0.05) is 6.54 Å². The topological polar surface area (TPSA) is 24.9 Å². The van der Waals surface area contributed by atoms with E-state index >= 15 is 0 Å². The second-order valence-corrected chi connectivity index (χ2v) is 5.10. The molecule has 1 aromatic carbocycles. The van der Waals surface area contributed by atoms with Crippen molar-refractivity contribution in [2.75, 3.05) is 5.32 Å². The minimum atomic E-state index is 0.569. The summed E-state index contributed by atoms with van der Waals surface area (Å²) < 4.78 is 0.817. The number of rotatable bonds is 3. The Kier molecular flexibility index (Phi) is 4.26. The predicted molar refractivity (Wildman–Crippen MR) is 75.7 cm³/mol. The predicted octanol–water partition coefficient (Wildman–Crippen LogP) is 4.76. The van der Waals surface area contributed by atoms with Gasteiger partial charge in [-0.3, -0.25) is 0 Å². The minimum Gasteiger partial charge on any atom is -0.380 e. The Hall–Kier alpha value is -0.770. The molecule has 0 atom stereocenters. The molecule has 2 aromatic rings. The first-order valence-corrected chi connectivity index (χ1v) is 6.49. The van der Waals surface area contributed by atoms with Crippen LogP contribution in [0.1, 0.15) is 5.56 Å². The summed E-state index contributed by atoms with van der Waals surface area (Å²) in [6.07, 6.45) is 1.77. The molecule has 5 heteroatoms. The van der Waals surface area contributed by atoms with Gasteiger partial charge < -0.3 is 5.32 Å². The van der Waals surface area contributed by atoms with Crippen LogP contribution in [0.5, 0.6) is 0 Å². The van der Waals surface area contributed by atoms with E-state index in [4.69, 9.17) is 23.2 Å². The van der Waals surface area contributed by atoms with Crippen LogP contribution >= 0.6 is 39.1 Å². The molecule has 1 heterocycles. The third-order valence-corrected chi connectivity index (χ3v) is 3.42. The van der Waals surface area contributed by atoms with Gasteiger partial charge in [0.25, 0.3) is 0 Å². The van der Waals surface area contributed by atoms with Gasteiger partial charge in [0.15, 0.2) is 0 Å². The van der Waals surface area contributed by atoms with Crippen LogP contribution in [0, 0.1) is 0 Å². The molecule has 88 valence electrons. The second-order valence-electron chi connectivity index (χ2n) is 3.47. The van der Waals surface area contributed by atoms with Gasteiger partial charge in [-0.25, -0.2) is 4.98 Å². The zero-order valence-electron chi connectivity index (χ0n) is 8.75. The lowest BCUT2D eigenvalue weighted by Gasteiger charge is -2.07. The third-order valence-electron chi connectivity index (χ3n) is 2.21. The summed E-state index contributed by atoms with van der Waals surface area (Å²) in [6.45, 7) is 0.681. The largest absolute Gasteiger partial charge is 0.380 e. The van der Waals surface area contributed by atoms with E-state index in [0.29, 0.717) is 16.6 Å². The summed E-state index contributed by atoms with van der Waals surface area (Å²) >= 11 is 15.1. The number of pyridine rings is 1. The first kappa shape index (κ1) is 12.7. The van der Waals surface area contributed by atoms with Crippen molar-refractivity contribution in [2.45, 2.75) is 6.54 Å². The first-order valence-electron chi connectivity index (χ1n) is 4.94. The average molecular weight is 332 g/mol. The molecule has 0 aliphatic rings. The third kappa shape index (κ3) is 3.60. The van der Waals surface area contributed by atoms with E-state index in [0.717, 1.165) is 15.9 Å². The maximum atomic E-state index is 5.94. The van der Waals surface area contributed by atoms with Gasteiger partial charge in [0.1, 0.15) is 4.60 Å². The smallest absolute Gasteiger partial charge is 0.106 e. The summed E-state index contributed by atoms with van der Waals surface area (Å²) in [6, 6.07) is 9.42. The quantitative estimate of drug-likeness (QED) is 0.820. The SMILES string of the molecule is Clc1ccc(CNc2ccc(Br)nc2)cc1Cl. The molecule has 0 fully saturated rings. The standard InChI is InChI=1S/C12H9BrCl2N2/c13-12-4-2-9(7-17-12)16-6-8-1-3-10(14)11(15)5-8/h1-5,7,16H,6H2. The molecular weight excluding hydrogens is 323 g/mol. The fourth-order valence-corrected chi connectivity index (χ4v) is 1.89. The number of anilines is 1. The number of aromatic nitrogens is 1. The molecule has 0 amide bonds. The van der Waals surface area contributed by atoms with Crippen LogP contribution in [-0.4, -0.2) is 4.98 Å². The Bertz CT molecular complexity index is 514. The van der Waals surface area contributed by atoms with E-state index in [2.05, 4.69) is 26.2 Å². The highest BCUT2D eigenvalue weighted by Crippen LogP contribution is 2.23. The van der Waals surface area contributed by atoms with E-state index in [9.17, 15) is 0 Å². The minimum absolute atomic E-state index is 0.569. The van der Waals surface area contributed by atoms with Crippen molar-refractivity contribution in [3.8, 4) is 0 Å². The highest BCUT2D eigenvalue weighted by molar-refractivity contribution is 9.10. The maximum Gasteiger partial charge on any atom is 0.106 e. The van der Waals surface area contributed by atoms with E-state index in [1.165, 1.54) is 0 Å². The Morgan fingerprint density at radius 1 is 1.12 bits per heavy atom. The number of hydrogen-bond donors (Lipinski definition) is 1. The highest BCUT2D eigenvalue weighted by Gasteiger charge is 1.99. The van der Waals surface area contributed by atoms with Gasteiger partial charge in [-0.2, -0.15) is 0 Å². The maximum absolute atomic E-state index is 5.94. The van der Waals surface area contributed by atoms with Crippen molar-refractivity contribution in [3.05, 3.63) is 56.7 Å². The molecule has 17 heavy (non-hydrogen) atoms. The zero-order chi connectivity index (χ0) is 12.3. The molecule has 0 saturated heterocycles. The van der Waals surface area contributed by atoms with Crippen molar-refractivity contribution < 1.29 is 0 Å². The molecule has 0 spiro atoms. The highest BCUT2D eigenvalue weighted by atomic mass is 79.9. The molecule has 1 N–H and O–H groups in total. The average Bonchev–Trinajstić information content (AvgIpc) is 2.33. The Labute approximate surface area is 118 Å². The molecule has 0 aliphatic carbocycles. The van der Waals surface area contributed by atoms with Crippen LogP contribution in [0.15, 0.2) is 41.1 Å². The zero-order valence-corrected chi connectivity index (χ0v) is 11.9. The molecule has 0 saturated carbocycles. The lowest BCUT2D eigenvalue weighted by molar-refractivity contribution is 1.13. The number of nitrogens with zero attached hydrogens (tertiary/aromatic N) is 1. The number of halogens is 3. The molecule has 0 unspecified atom stereocenters. The lowest BCUT2D eigenvalue weighted by Crippen LogP contribution is -1.99. The number of benzene rings is 1. The van der Waals surface area contributed by atoms with Gasteiger partial charge in [-0.05, 0) is 45.8 Å². The molecule has 0 aliphatic heterocycles. The fraction of sp³-hybridized carbons (Fsp3) is 0.0833. The van der Waals surface area contributed by atoms with Gasteiger partial charge in [0.2, 0.25) is 0 Å². The normalized spacial score (nSPS) is 10.3. The summed E-state index contributed by atoms with van der Waals surface area (Å²) in [5.41, 5.74) is 2.03. The Morgan fingerprint density at radius 3 is 2.59 bits per heavy atom. The molecule has 0 bridgehead atoms. The molecular formula is C12H9BrCl2N2. The van der Waals surface area contributed by atoms with Gasteiger partial charge in [-0.15, -0.1) is 0 Å². The Morgan fingerprint density at radius 2 is 1.94 bits per heavy atom. The van der Waals surface area contributed by atoms with Crippen molar-refractivity contribution in [1.82, 2.24) is 4.98 Å². The Balaban J connectivity index is 2.02. The molecule has 2 nitrogen and oxygen atoms in total. The van der Waals surface area contributed by atoms with Crippen LogP contribution in [0.2, 0.25) is 10.0 Å². The van der Waals surface area contributed by atoms with Crippen LogP contribution in [0.25, 0.3) is 0 Å². The summed E-state index contributed by atoms with van der Waals surface area (Å²) in [5, 5.41) is 4.39. The first-order chi connectivity index (χ1) is 8.15.